The molecule has 0 aromatic rings. The largest absolute Gasteiger partial charge is 0.338 e. The van der Waals surface area contributed by atoms with Gasteiger partial charge in [0.2, 0.25) is 5.91 Å². The summed E-state index contributed by atoms with van der Waals surface area (Å²) in [5, 5.41) is 0. The van der Waals surface area contributed by atoms with Crippen molar-refractivity contribution in [1.82, 2.24) is 4.90 Å². The quantitative estimate of drug-likeness (QED) is 0.667. The molecular formula is C14H26ClNO. The van der Waals surface area contributed by atoms with Crippen LogP contribution in [0.15, 0.2) is 0 Å². The van der Waals surface area contributed by atoms with Crippen LogP contribution in [0.2, 0.25) is 0 Å². The van der Waals surface area contributed by atoms with Gasteiger partial charge in [-0.15, -0.1) is 11.6 Å². The molecule has 1 amide bonds. The molecule has 0 aliphatic heterocycles. The van der Waals surface area contributed by atoms with Crippen LogP contribution in [0.3, 0.4) is 0 Å². The SMILES string of the molecule is CCC(CC)N(CCCl)C(=O)C1CCCC1C. The maximum Gasteiger partial charge on any atom is 0.226 e. The minimum atomic E-state index is 0.249. The molecule has 100 valence electrons. The summed E-state index contributed by atoms with van der Waals surface area (Å²) in [5.74, 6) is 1.70. The third-order valence-corrected chi connectivity index (χ3v) is 4.34. The predicted molar refractivity (Wildman–Crippen MR) is 73.3 cm³/mol. The Morgan fingerprint density at radius 1 is 1.35 bits per heavy atom. The Bertz CT molecular complexity index is 240. The zero-order valence-corrected chi connectivity index (χ0v) is 12.2. The fourth-order valence-electron chi connectivity index (χ4n) is 3.02. The van der Waals surface area contributed by atoms with E-state index in [0.29, 0.717) is 30.3 Å². The van der Waals surface area contributed by atoms with Gasteiger partial charge in [0, 0.05) is 24.4 Å². The smallest absolute Gasteiger partial charge is 0.226 e. The van der Waals surface area contributed by atoms with Gasteiger partial charge in [0.25, 0.3) is 0 Å². The number of amides is 1. The number of carbonyl (C=O) groups excluding carboxylic acids is 1. The highest BCUT2D eigenvalue weighted by atomic mass is 35.5. The number of nitrogens with zero attached hydrogens (tertiary/aromatic N) is 1. The zero-order valence-electron chi connectivity index (χ0n) is 11.4. The summed E-state index contributed by atoms with van der Waals surface area (Å²) < 4.78 is 0. The molecule has 2 atom stereocenters. The molecular weight excluding hydrogens is 234 g/mol. The van der Waals surface area contributed by atoms with Gasteiger partial charge in [0.05, 0.1) is 0 Å². The van der Waals surface area contributed by atoms with Crippen LogP contribution in [0, 0.1) is 11.8 Å². The molecule has 0 saturated heterocycles. The fraction of sp³-hybridized carbons (Fsp3) is 0.929. The monoisotopic (exact) mass is 259 g/mol. The van der Waals surface area contributed by atoms with Crippen LogP contribution < -0.4 is 0 Å². The van der Waals surface area contributed by atoms with Crippen LogP contribution in [0.1, 0.15) is 52.9 Å². The zero-order chi connectivity index (χ0) is 12.8. The number of carbonyl (C=O) groups is 1. The van der Waals surface area contributed by atoms with Crippen molar-refractivity contribution in [2.75, 3.05) is 12.4 Å². The summed E-state index contributed by atoms with van der Waals surface area (Å²) >= 11 is 5.85. The Labute approximate surface area is 111 Å². The normalized spacial score (nSPS) is 24.3. The molecule has 0 radical (unpaired) electrons. The predicted octanol–water partition coefficient (Wildman–Crippen LogP) is 3.68. The molecule has 2 unspecified atom stereocenters. The average Bonchev–Trinajstić information content (AvgIpc) is 2.75. The van der Waals surface area contributed by atoms with E-state index in [0.717, 1.165) is 19.3 Å². The third kappa shape index (κ3) is 3.61. The highest BCUT2D eigenvalue weighted by Gasteiger charge is 2.34. The summed E-state index contributed by atoms with van der Waals surface area (Å²) in [6, 6.07) is 0.369. The number of hydrogen-bond acceptors (Lipinski definition) is 1. The van der Waals surface area contributed by atoms with E-state index in [2.05, 4.69) is 20.8 Å². The summed E-state index contributed by atoms with van der Waals surface area (Å²) in [5.41, 5.74) is 0. The maximum atomic E-state index is 12.6. The minimum Gasteiger partial charge on any atom is -0.338 e. The molecule has 1 rings (SSSR count). The summed E-state index contributed by atoms with van der Waals surface area (Å²) in [6.45, 7) is 7.22. The number of alkyl halides is 1. The first-order valence-corrected chi connectivity index (χ1v) is 7.55. The van der Waals surface area contributed by atoms with Gasteiger partial charge in [-0.05, 0) is 31.6 Å². The van der Waals surface area contributed by atoms with Gasteiger partial charge in [-0.3, -0.25) is 4.79 Å². The number of hydrogen-bond donors (Lipinski definition) is 0. The van der Waals surface area contributed by atoms with Crippen LogP contribution in [-0.2, 0) is 4.79 Å². The first kappa shape index (κ1) is 14.8. The molecule has 0 spiro atoms. The molecule has 0 bridgehead atoms. The van der Waals surface area contributed by atoms with Crippen LogP contribution >= 0.6 is 11.6 Å². The van der Waals surface area contributed by atoms with Crippen molar-refractivity contribution in [3.05, 3.63) is 0 Å². The van der Waals surface area contributed by atoms with E-state index < -0.39 is 0 Å². The van der Waals surface area contributed by atoms with E-state index >= 15 is 0 Å². The highest BCUT2D eigenvalue weighted by molar-refractivity contribution is 6.18. The Morgan fingerprint density at radius 2 is 2.00 bits per heavy atom. The third-order valence-electron chi connectivity index (χ3n) is 4.17. The van der Waals surface area contributed by atoms with Crippen LogP contribution in [-0.4, -0.2) is 29.3 Å². The van der Waals surface area contributed by atoms with E-state index in [9.17, 15) is 4.79 Å². The van der Waals surface area contributed by atoms with Crippen molar-refractivity contribution >= 4 is 17.5 Å². The lowest BCUT2D eigenvalue weighted by Gasteiger charge is -2.33. The molecule has 0 heterocycles. The molecule has 17 heavy (non-hydrogen) atoms. The standard InChI is InChI=1S/C14H26ClNO/c1-4-12(5-2)16(10-9-15)14(17)13-8-6-7-11(13)3/h11-13H,4-10H2,1-3H3. The van der Waals surface area contributed by atoms with Gasteiger partial charge in [0.15, 0.2) is 0 Å². The van der Waals surface area contributed by atoms with Gasteiger partial charge < -0.3 is 4.90 Å². The lowest BCUT2D eigenvalue weighted by Crippen LogP contribution is -2.44. The molecule has 3 heteroatoms. The van der Waals surface area contributed by atoms with Gasteiger partial charge in [-0.1, -0.05) is 27.2 Å². The molecule has 1 aliphatic rings. The van der Waals surface area contributed by atoms with Gasteiger partial charge in [-0.25, -0.2) is 0 Å². The van der Waals surface area contributed by atoms with Crippen molar-refractivity contribution in [3.63, 3.8) is 0 Å². The first-order chi connectivity index (χ1) is 8.15. The van der Waals surface area contributed by atoms with Crippen LogP contribution in [0.5, 0.6) is 0 Å². The molecule has 1 fully saturated rings. The Kier molecular flexibility index (Phi) is 6.32. The second-order valence-electron chi connectivity index (χ2n) is 5.21. The molecule has 1 aliphatic carbocycles. The van der Waals surface area contributed by atoms with Crippen LogP contribution in [0.4, 0.5) is 0 Å². The molecule has 0 aromatic heterocycles. The Morgan fingerprint density at radius 3 is 2.41 bits per heavy atom. The van der Waals surface area contributed by atoms with E-state index in [4.69, 9.17) is 11.6 Å². The van der Waals surface area contributed by atoms with E-state index in [-0.39, 0.29) is 5.92 Å². The lowest BCUT2D eigenvalue weighted by atomic mass is 9.95. The topological polar surface area (TPSA) is 20.3 Å². The maximum absolute atomic E-state index is 12.6. The Balaban J connectivity index is 2.71. The minimum absolute atomic E-state index is 0.249. The fourth-order valence-corrected chi connectivity index (χ4v) is 3.20. The van der Waals surface area contributed by atoms with Crippen molar-refractivity contribution in [2.24, 2.45) is 11.8 Å². The van der Waals surface area contributed by atoms with Gasteiger partial charge >= 0.3 is 0 Å². The molecule has 2 nitrogen and oxygen atoms in total. The molecule has 1 saturated carbocycles. The van der Waals surface area contributed by atoms with Gasteiger partial charge in [-0.2, -0.15) is 0 Å². The first-order valence-electron chi connectivity index (χ1n) is 7.02. The summed E-state index contributed by atoms with van der Waals surface area (Å²) in [7, 11) is 0. The number of halogens is 1. The van der Waals surface area contributed by atoms with Crippen molar-refractivity contribution in [1.29, 1.82) is 0 Å². The van der Waals surface area contributed by atoms with E-state index in [1.807, 2.05) is 4.90 Å². The lowest BCUT2D eigenvalue weighted by molar-refractivity contribution is -0.138. The average molecular weight is 260 g/mol. The van der Waals surface area contributed by atoms with Gasteiger partial charge in [0.1, 0.15) is 0 Å². The molecule has 0 N–H and O–H groups in total. The van der Waals surface area contributed by atoms with Crippen molar-refractivity contribution in [2.45, 2.75) is 58.9 Å². The van der Waals surface area contributed by atoms with Crippen molar-refractivity contribution < 1.29 is 4.79 Å². The Hall–Kier alpha value is -0.240. The summed E-state index contributed by atoms with van der Waals surface area (Å²) in [4.78, 5) is 14.6. The van der Waals surface area contributed by atoms with Crippen molar-refractivity contribution in [3.8, 4) is 0 Å². The highest BCUT2D eigenvalue weighted by Crippen LogP contribution is 2.33. The second kappa shape index (κ2) is 7.25. The summed E-state index contributed by atoms with van der Waals surface area (Å²) in [6.07, 6.45) is 5.53. The second-order valence-corrected chi connectivity index (χ2v) is 5.58. The van der Waals surface area contributed by atoms with Crippen LogP contribution in [0.25, 0.3) is 0 Å². The van der Waals surface area contributed by atoms with E-state index in [1.54, 1.807) is 0 Å². The number of rotatable bonds is 6. The van der Waals surface area contributed by atoms with E-state index in [1.165, 1.54) is 12.8 Å². The molecule has 0 aromatic carbocycles.